The minimum atomic E-state index is -0.901. The van der Waals surface area contributed by atoms with Crippen molar-refractivity contribution in [3.05, 3.63) is 60.2 Å². The first kappa shape index (κ1) is 19.1. The van der Waals surface area contributed by atoms with Crippen molar-refractivity contribution >= 4 is 35.1 Å². The van der Waals surface area contributed by atoms with E-state index in [2.05, 4.69) is 0 Å². The molecule has 1 aliphatic heterocycles. The van der Waals surface area contributed by atoms with Gasteiger partial charge in [-0.05, 0) is 49.3 Å². The van der Waals surface area contributed by atoms with Crippen LogP contribution < -0.4 is 9.64 Å². The molecular formula is C20H23NO3S2. The Hall–Kier alpha value is -1.63. The third-order valence-corrected chi connectivity index (χ3v) is 8.01. The second-order valence-corrected chi connectivity index (χ2v) is 8.39. The van der Waals surface area contributed by atoms with Crippen LogP contribution in [0, 0.1) is 0 Å². The Bertz CT molecular complexity index is 762. The third-order valence-electron chi connectivity index (χ3n) is 4.76. The summed E-state index contributed by atoms with van der Waals surface area (Å²) >= 11 is 3.26. The molecule has 0 aromatic heterocycles. The van der Waals surface area contributed by atoms with Gasteiger partial charge < -0.3 is 9.47 Å². The van der Waals surface area contributed by atoms with Crippen LogP contribution in [0.5, 0.6) is 5.75 Å². The van der Waals surface area contributed by atoms with Crippen LogP contribution in [0.15, 0.2) is 54.6 Å². The van der Waals surface area contributed by atoms with Crippen molar-refractivity contribution in [2.24, 2.45) is 0 Å². The smallest absolute Gasteiger partial charge is 0.265 e. The lowest BCUT2D eigenvalue weighted by molar-refractivity contribution is -0.159. The molecular weight excluding hydrogens is 366 g/mol. The lowest BCUT2D eigenvalue weighted by Gasteiger charge is -2.61. The first-order chi connectivity index (χ1) is 12.5. The standard InChI is InChI=1S/C20H23NO3S2/c1-19(24-14-15-8-6-5-7-9-15)18(22)21(20(19,25-3)26-4)16-10-12-17(23-2)13-11-16/h5-13H,14H2,1-4H3. The molecule has 2 aromatic rings. The highest BCUT2D eigenvalue weighted by molar-refractivity contribution is 8.18. The van der Waals surface area contributed by atoms with Gasteiger partial charge in [-0.3, -0.25) is 9.69 Å². The van der Waals surface area contributed by atoms with E-state index in [0.717, 1.165) is 17.0 Å². The number of carbonyl (C=O) groups excluding carboxylic acids is 1. The molecule has 0 spiro atoms. The van der Waals surface area contributed by atoms with Crippen molar-refractivity contribution in [1.82, 2.24) is 0 Å². The van der Waals surface area contributed by atoms with Crippen LogP contribution >= 0.6 is 23.5 Å². The Morgan fingerprint density at radius 1 is 1.00 bits per heavy atom. The average molecular weight is 390 g/mol. The monoisotopic (exact) mass is 389 g/mol. The number of β-lactam (4-membered cyclic amide) rings is 1. The van der Waals surface area contributed by atoms with Gasteiger partial charge in [0.15, 0.2) is 9.80 Å². The SMILES string of the molecule is COc1ccc(N2C(=O)C(C)(OCc3ccccc3)C2(SC)SC)cc1. The summed E-state index contributed by atoms with van der Waals surface area (Å²) in [6, 6.07) is 17.5. The predicted octanol–water partition coefficient (Wildman–Crippen LogP) is 4.40. The molecule has 6 heteroatoms. The van der Waals surface area contributed by atoms with E-state index in [-0.39, 0.29) is 5.91 Å². The van der Waals surface area contributed by atoms with Crippen molar-refractivity contribution in [2.75, 3.05) is 24.5 Å². The minimum Gasteiger partial charge on any atom is -0.497 e. The summed E-state index contributed by atoms with van der Waals surface area (Å²) in [5, 5.41) is 0. The summed E-state index contributed by atoms with van der Waals surface area (Å²) in [5.41, 5.74) is 1.00. The summed E-state index contributed by atoms with van der Waals surface area (Å²) in [6.07, 6.45) is 4.03. The Morgan fingerprint density at radius 2 is 1.62 bits per heavy atom. The highest BCUT2D eigenvalue weighted by Crippen LogP contribution is 2.58. The van der Waals surface area contributed by atoms with Gasteiger partial charge in [-0.15, -0.1) is 23.5 Å². The fourth-order valence-electron chi connectivity index (χ4n) is 3.27. The number of thioether (sulfide) groups is 2. The number of rotatable bonds is 7. The van der Waals surface area contributed by atoms with Crippen LogP contribution in [0.25, 0.3) is 0 Å². The number of carbonyl (C=O) groups is 1. The van der Waals surface area contributed by atoms with Crippen LogP contribution in [0.4, 0.5) is 5.69 Å². The number of ether oxygens (including phenoxy) is 2. The summed E-state index contributed by atoms with van der Waals surface area (Å²) in [5.74, 6) is 0.742. The maximum Gasteiger partial charge on any atom is 0.265 e. The summed E-state index contributed by atoms with van der Waals surface area (Å²) < 4.78 is 10.9. The van der Waals surface area contributed by atoms with Crippen molar-refractivity contribution in [3.8, 4) is 5.75 Å². The fourth-order valence-corrected chi connectivity index (χ4v) is 5.75. The predicted molar refractivity (Wildman–Crippen MR) is 110 cm³/mol. The molecule has 0 saturated carbocycles. The first-order valence-corrected chi connectivity index (χ1v) is 10.7. The Labute approximate surface area is 163 Å². The second kappa shape index (κ2) is 7.55. The van der Waals surface area contributed by atoms with Crippen molar-refractivity contribution in [1.29, 1.82) is 0 Å². The minimum absolute atomic E-state index is 0.0257. The Morgan fingerprint density at radius 3 is 2.15 bits per heavy atom. The second-order valence-electron chi connectivity index (χ2n) is 6.14. The van der Waals surface area contributed by atoms with Crippen molar-refractivity contribution in [3.63, 3.8) is 0 Å². The van der Waals surface area contributed by atoms with Crippen LogP contribution in [-0.4, -0.2) is 35.3 Å². The molecule has 0 radical (unpaired) electrons. The maximum atomic E-state index is 13.1. The van der Waals surface area contributed by atoms with E-state index in [4.69, 9.17) is 9.47 Å². The van der Waals surface area contributed by atoms with E-state index in [9.17, 15) is 4.79 Å². The molecule has 1 atom stereocenters. The van der Waals surface area contributed by atoms with Gasteiger partial charge in [0, 0.05) is 5.69 Å². The Balaban J connectivity index is 1.88. The molecule has 4 nitrogen and oxygen atoms in total. The summed E-state index contributed by atoms with van der Waals surface area (Å²) in [7, 11) is 1.63. The van der Waals surface area contributed by atoms with Gasteiger partial charge in [-0.1, -0.05) is 30.3 Å². The van der Waals surface area contributed by atoms with E-state index in [1.807, 2.05) is 78.9 Å². The molecule has 2 aromatic carbocycles. The van der Waals surface area contributed by atoms with Crippen LogP contribution in [0.2, 0.25) is 0 Å². The lowest BCUT2D eigenvalue weighted by Crippen LogP contribution is -2.79. The van der Waals surface area contributed by atoms with Crippen LogP contribution in [-0.2, 0) is 16.1 Å². The largest absolute Gasteiger partial charge is 0.497 e. The number of benzene rings is 2. The number of nitrogens with zero attached hydrogens (tertiary/aromatic N) is 1. The molecule has 1 fully saturated rings. The number of methoxy groups -OCH3 is 1. The molecule has 3 rings (SSSR count). The normalized spacial score (nSPS) is 21.4. The molecule has 1 heterocycles. The van der Waals surface area contributed by atoms with Crippen molar-refractivity contribution < 1.29 is 14.3 Å². The third kappa shape index (κ3) is 2.90. The van der Waals surface area contributed by atoms with Crippen molar-refractivity contribution in [2.45, 2.75) is 23.3 Å². The van der Waals surface area contributed by atoms with E-state index in [1.165, 1.54) is 0 Å². The van der Waals surface area contributed by atoms with Crippen LogP contribution in [0.1, 0.15) is 12.5 Å². The molecule has 0 N–H and O–H groups in total. The fraction of sp³-hybridized carbons (Fsp3) is 0.350. The van der Waals surface area contributed by atoms with Gasteiger partial charge in [0.25, 0.3) is 5.91 Å². The highest BCUT2D eigenvalue weighted by Gasteiger charge is 2.70. The number of hydrogen-bond donors (Lipinski definition) is 0. The van der Waals surface area contributed by atoms with Gasteiger partial charge in [0.1, 0.15) is 5.75 Å². The zero-order chi connectivity index (χ0) is 18.8. The van der Waals surface area contributed by atoms with E-state index in [1.54, 1.807) is 30.6 Å². The van der Waals surface area contributed by atoms with Gasteiger partial charge >= 0.3 is 0 Å². The Kier molecular flexibility index (Phi) is 5.55. The van der Waals surface area contributed by atoms with E-state index in [0.29, 0.717) is 6.61 Å². The molecule has 1 saturated heterocycles. The van der Waals surface area contributed by atoms with E-state index < -0.39 is 9.80 Å². The summed E-state index contributed by atoms with van der Waals surface area (Å²) in [6.45, 7) is 2.30. The molecule has 0 aliphatic carbocycles. The number of anilines is 1. The van der Waals surface area contributed by atoms with Gasteiger partial charge in [0.2, 0.25) is 0 Å². The first-order valence-electron chi connectivity index (χ1n) is 8.29. The molecule has 1 unspecified atom stereocenters. The van der Waals surface area contributed by atoms with Gasteiger partial charge in [0.05, 0.1) is 13.7 Å². The van der Waals surface area contributed by atoms with Crippen LogP contribution in [0.3, 0.4) is 0 Å². The molecule has 0 bridgehead atoms. The topological polar surface area (TPSA) is 38.8 Å². The number of amides is 1. The maximum absolute atomic E-state index is 13.1. The molecule has 1 amide bonds. The van der Waals surface area contributed by atoms with Gasteiger partial charge in [-0.2, -0.15) is 0 Å². The quantitative estimate of drug-likeness (QED) is 0.518. The zero-order valence-corrected chi connectivity index (χ0v) is 17.0. The molecule has 26 heavy (non-hydrogen) atoms. The number of hydrogen-bond acceptors (Lipinski definition) is 5. The molecule has 1 aliphatic rings. The average Bonchev–Trinajstić information content (AvgIpc) is 2.70. The zero-order valence-electron chi connectivity index (χ0n) is 15.4. The summed E-state index contributed by atoms with van der Waals surface area (Å²) in [4.78, 5) is 15.0. The van der Waals surface area contributed by atoms with Gasteiger partial charge in [-0.25, -0.2) is 0 Å². The lowest BCUT2D eigenvalue weighted by atomic mass is 9.92. The van der Waals surface area contributed by atoms with E-state index >= 15 is 0 Å². The highest BCUT2D eigenvalue weighted by atomic mass is 32.2. The molecule has 138 valence electrons.